The van der Waals surface area contributed by atoms with Crippen molar-refractivity contribution in [1.82, 2.24) is 4.57 Å². The van der Waals surface area contributed by atoms with E-state index in [4.69, 9.17) is 0 Å². The summed E-state index contributed by atoms with van der Waals surface area (Å²) in [7, 11) is -2.50. The van der Waals surface area contributed by atoms with E-state index in [-0.39, 0.29) is 26.0 Å². The van der Waals surface area contributed by atoms with Crippen LogP contribution in [0.4, 0.5) is 0 Å². The number of fused-ring (bicyclic) bond motifs is 1. The number of carbonyl (C=O) groups excluding carboxylic acids is 1. The molecule has 2 heterocycles. The van der Waals surface area contributed by atoms with Crippen molar-refractivity contribution in [3.63, 3.8) is 0 Å². The molecule has 0 aliphatic carbocycles. The highest BCUT2D eigenvalue weighted by atomic mass is 79.9. The smallest absolute Gasteiger partial charge is 0.285 e. The lowest BCUT2D eigenvalue weighted by Gasteiger charge is -1.99. The minimum Gasteiger partial charge on any atom is -0.493 e. The molecule has 0 bridgehead atoms. The van der Waals surface area contributed by atoms with Gasteiger partial charge >= 0.3 is 0 Å². The van der Waals surface area contributed by atoms with Crippen molar-refractivity contribution < 1.29 is 18.3 Å². The van der Waals surface area contributed by atoms with Crippen molar-refractivity contribution in [1.29, 1.82) is 0 Å². The van der Waals surface area contributed by atoms with Crippen LogP contribution >= 0.6 is 27.3 Å². The first-order valence-corrected chi connectivity index (χ1v) is 11.4. The van der Waals surface area contributed by atoms with Gasteiger partial charge in [0.2, 0.25) is 10.7 Å². The molecule has 1 aromatic heterocycles. The van der Waals surface area contributed by atoms with Gasteiger partial charge in [-0.3, -0.25) is 9.36 Å². The average Bonchev–Trinajstić information content (AvgIpc) is 3.12. The SMILES string of the molecule is Cc1ccc(S(=O)(=O)/N=c2\sc(C3=c4cc(Br)ccc4=NC3=O)c(O)n2C)cc1. The van der Waals surface area contributed by atoms with Crippen molar-refractivity contribution >= 4 is 48.8 Å². The maximum Gasteiger partial charge on any atom is 0.285 e. The number of hydrogen-bond donors (Lipinski definition) is 1. The van der Waals surface area contributed by atoms with Crippen LogP contribution < -0.4 is 15.4 Å². The monoisotopic (exact) mass is 491 g/mol. The van der Waals surface area contributed by atoms with E-state index in [1.54, 1.807) is 30.3 Å². The number of aromatic nitrogens is 1. The molecule has 0 radical (unpaired) electrons. The van der Waals surface area contributed by atoms with Crippen LogP contribution in [-0.4, -0.2) is 24.0 Å². The molecule has 1 aliphatic rings. The van der Waals surface area contributed by atoms with Gasteiger partial charge in [-0.2, -0.15) is 8.42 Å². The Kier molecular flexibility index (Phi) is 4.80. The summed E-state index contributed by atoms with van der Waals surface area (Å²) in [5.74, 6) is -0.748. The average molecular weight is 492 g/mol. The molecule has 0 unspecified atom stereocenters. The van der Waals surface area contributed by atoms with Gasteiger partial charge in [0.05, 0.1) is 15.8 Å². The van der Waals surface area contributed by atoms with E-state index in [0.717, 1.165) is 21.4 Å². The first-order chi connectivity index (χ1) is 13.7. The maximum absolute atomic E-state index is 12.7. The van der Waals surface area contributed by atoms with Gasteiger partial charge in [0.1, 0.15) is 4.88 Å². The highest BCUT2D eigenvalue weighted by Gasteiger charge is 2.25. The Morgan fingerprint density at radius 3 is 2.55 bits per heavy atom. The Hall–Kier alpha value is -2.56. The molecule has 4 rings (SSSR count). The van der Waals surface area contributed by atoms with Crippen molar-refractivity contribution in [3.8, 4) is 5.88 Å². The van der Waals surface area contributed by atoms with Crippen LogP contribution in [0.25, 0.3) is 5.57 Å². The number of hydrogen-bond acceptors (Lipinski definition) is 5. The second-order valence-corrected chi connectivity index (χ2v) is 9.93. The summed E-state index contributed by atoms with van der Waals surface area (Å²) in [6, 6.07) is 11.5. The van der Waals surface area contributed by atoms with Crippen molar-refractivity contribution in [2.75, 3.05) is 0 Å². The van der Waals surface area contributed by atoms with E-state index in [0.29, 0.717) is 10.6 Å². The largest absolute Gasteiger partial charge is 0.493 e. The molecule has 2 aromatic carbocycles. The van der Waals surface area contributed by atoms with E-state index in [2.05, 4.69) is 25.3 Å². The van der Waals surface area contributed by atoms with Crippen molar-refractivity contribution in [2.24, 2.45) is 16.4 Å². The van der Waals surface area contributed by atoms with Gasteiger partial charge in [0.15, 0.2) is 0 Å². The van der Waals surface area contributed by atoms with Gasteiger partial charge in [-0.05, 0) is 37.3 Å². The number of carbonyl (C=O) groups is 1. The zero-order chi connectivity index (χ0) is 20.9. The molecule has 0 saturated carbocycles. The topological polar surface area (TPSA) is 101 Å². The fraction of sp³-hybridized carbons (Fsp3) is 0.105. The standard InChI is InChI=1S/C19H14BrN3O4S2/c1-10-3-6-12(7-4-10)29(26,27)22-19-23(2)18(25)16(28-19)15-13-9-11(20)5-8-14(13)21-17(15)24/h3-9,25H,1-2H3/b22-19-. The molecule has 29 heavy (non-hydrogen) atoms. The van der Waals surface area contributed by atoms with E-state index < -0.39 is 15.9 Å². The van der Waals surface area contributed by atoms with Crippen molar-refractivity contribution in [3.05, 3.63) is 72.8 Å². The Labute approximate surface area is 178 Å². The number of halogens is 1. The lowest BCUT2D eigenvalue weighted by Crippen LogP contribution is -2.22. The Morgan fingerprint density at radius 1 is 1.17 bits per heavy atom. The fourth-order valence-corrected chi connectivity index (χ4v) is 5.51. The van der Waals surface area contributed by atoms with Crippen LogP contribution in [0.1, 0.15) is 10.4 Å². The minimum absolute atomic E-state index is 0.0434. The van der Waals surface area contributed by atoms with Crippen LogP contribution in [0.5, 0.6) is 5.88 Å². The first kappa shape index (κ1) is 19.7. The zero-order valence-electron chi connectivity index (χ0n) is 15.2. The van der Waals surface area contributed by atoms with Crippen molar-refractivity contribution in [2.45, 2.75) is 11.8 Å². The number of nitrogens with zero attached hydrogens (tertiary/aromatic N) is 3. The third-order valence-electron chi connectivity index (χ3n) is 4.41. The number of aryl methyl sites for hydroxylation is 1. The lowest BCUT2D eigenvalue weighted by atomic mass is 10.1. The number of amides is 1. The quantitative estimate of drug-likeness (QED) is 0.599. The summed E-state index contributed by atoms with van der Waals surface area (Å²) in [5, 5.41) is 11.6. The van der Waals surface area contributed by atoms with Crippen LogP contribution in [0.2, 0.25) is 0 Å². The number of aromatic hydroxyl groups is 1. The highest BCUT2D eigenvalue weighted by Crippen LogP contribution is 2.28. The second kappa shape index (κ2) is 7.05. The second-order valence-electron chi connectivity index (χ2n) is 6.43. The Bertz CT molecular complexity index is 1470. The molecule has 0 spiro atoms. The Balaban J connectivity index is 1.93. The molecular weight excluding hydrogens is 478 g/mol. The number of benzene rings is 2. The molecular formula is C19H14BrN3O4S2. The molecule has 10 heteroatoms. The molecule has 0 atom stereocenters. The maximum atomic E-state index is 12.7. The summed E-state index contributed by atoms with van der Waals surface area (Å²) < 4.78 is 31.2. The summed E-state index contributed by atoms with van der Waals surface area (Å²) in [6.07, 6.45) is 0. The first-order valence-electron chi connectivity index (χ1n) is 8.37. The van der Waals surface area contributed by atoms with E-state index in [1.165, 1.54) is 23.7 Å². The predicted octanol–water partition coefficient (Wildman–Crippen LogP) is 1.51. The summed E-state index contributed by atoms with van der Waals surface area (Å²) in [5.41, 5.74) is 1.14. The summed E-state index contributed by atoms with van der Waals surface area (Å²) >= 11 is 4.28. The van der Waals surface area contributed by atoms with E-state index in [1.807, 2.05) is 6.92 Å². The van der Waals surface area contributed by atoms with Gasteiger partial charge in [-0.1, -0.05) is 45.0 Å². The van der Waals surface area contributed by atoms with Gasteiger partial charge in [-0.25, -0.2) is 4.99 Å². The van der Waals surface area contributed by atoms with E-state index >= 15 is 0 Å². The molecule has 1 amide bonds. The number of rotatable bonds is 3. The van der Waals surface area contributed by atoms with Gasteiger partial charge in [0, 0.05) is 16.7 Å². The number of sulfonamides is 1. The number of thiazole rings is 1. The normalized spacial score (nSPS) is 14.2. The highest BCUT2D eigenvalue weighted by molar-refractivity contribution is 9.10. The third-order valence-corrected chi connectivity index (χ3v) is 7.44. The summed E-state index contributed by atoms with van der Waals surface area (Å²) in [4.78, 5) is 16.8. The molecule has 7 nitrogen and oxygen atoms in total. The van der Waals surface area contributed by atoms with Gasteiger partial charge in [0.25, 0.3) is 15.9 Å². The minimum atomic E-state index is -3.98. The molecule has 0 saturated heterocycles. The van der Waals surface area contributed by atoms with Crippen LogP contribution in [0.15, 0.2) is 61.2 Å². The zero-order valence-corrected chi connectivity index (χ0v) is 18.5. The van der Waals surface area contributed by atoms with Gasteiger partial charge in [-0.15, -0.1) is 4.40 Å². The predicted molar refractivity (Wildman–Crippen MR) is 111 cm³/mol. The molecule has 1 N–H and O–H groups in total. The molecule has 148 valence electrons. The lowest BCUT2D eigenvalue weighted by molar-refractivity contribution is -0.112. The Morgan fingerprint density at radius 2 is 1.86 bits per heavy atom. The van der Waals surface area contributed by atoms with E-state index in [9.17, 15) is 18.3 Å². The summed E-state index contributed by atoms with van der Waals surface area (Å²) in [6.45, 7) is 1.86. The fourth-order valence-electron chi connectivity index (χ4n) is 2.86. The molecule has 1 aliphatic heterocycles. The van der Waals surface area contributed by atoms with Crippen LogP contribution in [0.3, 0.4) is 0 Å². The molecule has 0 fully saturated rings. The van der Waals surface area contributed by atoms with Crippen LogP contribution in [-0.2, 0) is 21.9 Å². The van der Waals surface area contributed by atoms with Gasteiger partial charge < -0.3 is 5.11 Å². The third kappa shape index (κ3) is 3.47. The van der Waals surface area contributed by atoms with Crippen LogP contribution in [0, 0.1) is 6.92 Å². The molecule has 3 aromatic rings.